The van der Waals surface area contributed by atoms with Gasteiger partial charge in [-0.25, -0.2) is 4.39 Å². The fourth-order valence-electron chi connectivity index (χ4n) is 4.62. The standard InChI is InChI=1S/C27H24BrClFN3O3S/c1-16-11-19(12-25-26(34)32(27(35)37-25)15-18-3-4-20(30)13-23(18)29)17(2)33(16)21-5-6-24(22(28)14-21)31-7-9-36-10-8-31/h3-6,11-14H,7-10,15H2,1-2H3/b25-12-. The molecule has 0 aliphatic carbocycles. The van der Waals surface area contributed by atoms with Crippen molar-refractivity contribution in [2.24, 2.45) is 0 Å². The summed E-state index contributed by atoms with van der Waals surface area (Å²) >= 11 is 10.7. The zero-order valence-corrected chi connectivity index (χ0v) is 23.4. The second kappa shape index (κ2) is 10.6. The second-order valence-corrected chi connectivity index (χ2v) is 11.2. The van der Waals surface area contributed by atoms with Crippen LogP contribution in [0.15, 0.2) is 51.8 Å². The van der Waals surface area contributed by atoms with Gasteiger partial charge < -0.3 is 14.2 Å². The van der Waals surface area contributed by atoms with E-state index in [0.29, 0.717) is 10.5 Å². The maximum Gasteiger partial charge on any atom is 0.293 e. The van der Waals surface area contributed by atoms with E-state index >= 15 is 0 Å². The number of carbonyl (C=O) groups excluding carboxylic acids is 2. The molecule has 192 valence electrons. The Bertz CT molecular complexity index is 1430. The number of ether oxygens (including phenoxy) is 1. The summed E-state index contributed by atoms with van der Waals surface area (Å²) in [5, 5.41) is -0.203. The summed E-state index contributed by atoms with van der Waals surface area (Å²) in [4.78, 5) is 29.5. The summed E-state index contributed by atoms with van der Waals surface area (Å²) < 4.78 is 22.0. The summed E-state index contributed by atoms with van der Waals surface area (Å²) in [5.41, 5.74) is 5.46. The monoisotopic (exact) mass is 603 g/mol. The Morgan fingerprint density at radius 3 is 2.57 bits per heavy atom. The number of morpholine rings is 1. The number of halogens is 3. The number of nitrogens with zero attached hydrogens (tertiary/aromatic N) is 3. The van der Waals surface area contributed by atoms with Crippen molar-refractivity contribution < 1.29 is 18.7 Å². The number of rotatable bonds is 5. The van der Waals surface area contributed by atoms with Gasteiger partial charge in [-0.1, -0.05) is 17.7 Å². The quantitative estimate of drug-likeness (QED) is 0.303. The van der Waals surface area contributed by atoms with E-state index in [1.165, 1.54) is 18.2 Å². The fraction of sp³-hybridized carbons (Fsp3) is 0.259. The van der Waals surface area contributed by atoms with E-state index in [0.717, 1.165) is 75.8 Å². The average Bonchev–Trinajstić information content (AvgIpc) is 3.29. The number of imide groups is 1. The Kier molecular flexibility index (Phi) is 7.49. The molecule has 0 unspecified atom stereocenters. The fourth-order valence-corrected chi connectivity index (χ4v) is 6.30. The highest BCUT2D eigenvalue weighted by molar-refractivity contribution is 9.10. The SMILES string of the molecule is Cc1cc(/C=C2\SC(=O)N(Cc3ccc(F)cc3Cl)C2=O)c(C)n1-c1ccc(N2CCOCC2)c(Br)c1. The van der Waals surface area contributed by atoms with E-state index in [9.17, 15) is 14.0 Å². The molecule has 3 heterocycles. The first kappa shape index (κ1) is 26.0. The minimum absolute atomic E-state index is 0.0103. The number of amides is 2. The summed E-state index contributed by atoms with van der Waals surface area (Å²) in [6.45, 7) is 7.13. The highest BCUT2D eigenvalue weighted by Crippen LogP contribution is 2.36. The normalized spacial score (nSPS) is 17.4. The van der Waals surface area contributed by atoms with E-state index in [-0.39, 0.29) is 16.8 Å². The molecule has 3 aromatic rings. The molecule has 0 spiro atoms. The molecule has 5 rings (SSSR count). The Labute approximate surface area is 232 Å². The van der Waals surface area contributed by atoms with E-state index in [4.69, 9.17) is 16.3 Å². The van der Waals surface area contributed by atoms with Gasteiger partial charge in [0.05, 0.1) is 30.4 Å². The second-order valence-electron chi connectivity index (χ2n) is 8.90. The zero-order valence-electron chi connectivity index (χ0n) is 20.3. The summed E-state index contributed by atoms with van der Waals surface area (Å²) in [6.07, 6.45) is 1.76. The lowest BCUT2D eigenvalue weighted by Gasteiger charge is -2.30. The van der Waals surface area contributed by atoms with Gasteiger partial charge in [-0.15, -0.1) is 0 Å². The number of hydrogen-bond donors (Lipinski definition) is 0. The highest BCUT2D eigenvalue weighted by Gasteiger charge is 2.35. The average molecular weight is 605 g/mol. The van der Waals surface area contributed by atoms with Crippen molar-refractivity contribution in [2.75, 3.05) is 31.2 Å². The summed E-state index contributed by atoms with van der Waals surface area (Å²) in [6, 6.07) is 12.2. The van der Waals surface area contributed by atoms with Crippen molar-refractivity contribution in [3.63, 3.8) is 0 Å². The van der Waals surface area contributed by atoms with Crippen LogP contribution in [0.5, 0.6) is 0 Å². The van der Waals surface area contributed by atoms with Gasteiger partial charge in [0.1, 0.15) is 5.82 Å². The number of benzene rings is 2. The van der Waals surface area contributed by atoms with Crippen molar-refractivity contribution in [3.05, 3.63) is 85.2 Å². The lowest BCUT2D eigenvalue weighted by Crippen LogP contribution is -2.36. The molecular weight excluding hydrogens is 581 g/mol. The van der Waals surface area contributed by atoms with Gasteiger partial charge in [0.2, 0.25) is 0 Å². The van der Waals surface area contributed by atoms with Gasteiger partial charge in [0, 0.05) is 39.7 Å². The summed E-state index contributed by atoms with van der Waals surface area (Å²) in [5.74, 6) is -0.862. The van der Waals surface area contributed by atoms with Crippen LogP contribution in [0.2, 0.25) is 5.02 Å². The van der Waals surface area contributed by atoms with Crippen LogP contribution in [0.4, 0.5) is 14.9 Å². The lowest BCUT2D eigenvalue weighted by atomic mass is 10.2. The highest BCUT2D eigenvalue weighted by atomic mass is 79.9. The molecule has 0 bridgehead atoms. The molecule has 10 heteroatoms. The van der Waals surface area contributed by atoms with Gasteiger partial charge in [-0.2, -0.15) is 0 Å². The van der Waals surface area contributed by atoms with E-state index in [2.05, 4.69) is 43.6 Å². The molecule has 1 aromatic heterocycles. The third kappa shape index (κ3) is 5.23. The molecule has 2 saturated heterocycles. The zero-order chi connectivity index (χ0) is 26.3. The van der Waals surface area contributed by atoms with Crippen LogP contribution >= 0.6 is 39.3 Å². The minimum Gasteiger partial charge on any atom is -0.378 e. The van der Waals surface area contributed by atoms with Crippen molar-refractivity contribution in [2.45, 2.75) is 20.4 Å². The number of aromatic nitrogens is 1. The molecule has 2 amide bonds. The van der Waals surface area contributed by atoms with Crippen LogP contribution in [-0.2, 0) is 16.1 Å². The molecule has 2 aliphatic rings. The number of thioether (sulfide) groups is 1. The third-order valence-electron chi connectivity index (χ3n) is 6.52. The molecule has 0 atom stereocenters. The van der Waals surface area contributed by atoms with Gasteiger partial charge in [0.15, 0.2) is 0 Å². The number of anilines is 1. The third-order valence-corrected chi connectivity index (χ3v) is 8.41. The van der Waals surface area contributed by atoms with Gasteiger partial charge in [0.25, 0.3) is 11.1 Å². The van der Waals surface area contributed by atoms with Gasteiger partial charge >= 0.3 is 0 Å². The summed E-state index contributed by atoms with van der Waals surface area (Å²) in [7, 11) is 0. The minimum atomic E-state index is -0.471. The molecule has 37 heavy (non-hydrogen) atoms. The first-order valence-corrected chi connectivity index (χ1v) is 13.7. The molecule has 0 N–H and O–H groups in total. The Hall–Kier alpha value is -2.59. The maximum atomic E-state index is 13.4. The van der Waals surface area contributed by atoms with Crippen molar-refractivity contribution in [1.82, 2.24) is 9.47 Å². The first-order valence-electron chi connectivity index (χ1n) is 11.7. The molecule has 2 fully saturated rings. The predicted molar refractivity (Wildman–Crippen MR) is 149 cm³/mol. The molecule has 2 aromatic carbocycles. The maximum absolute atomic E-state index is 13.4. The molecule has 2 aliphatic heterocycles. The predicted octanol–water partition coefficient (Wildman–Crippen LogP) is 6.72. The van der Waals surface area contributed by atoms with Crippen LogP contribution in [0.3, 0.4) is 0 Å². The van der Waals surface area contributed by atoms with Crippen LogP contribution < -0.4 is 4.90 Å². The van der Waals surface area contributed by atoms with Crippen LogP contribution in [-0.4, -0.2) is 46.9 Å². The Morgan fingerprint density at radius 2 is 1.86 bits per heavy atom. The Morgan fingerprint density at radius 1 is 1.11 bits per heavy atom. The van der Waals surface area contributed by atoms with Crippen LogP contribution in [0, 0.1) is 19.7 Å². The topological polar surface area (TPSA) is 54.8 Å². The van der Waals surface area contributed by atoms with E-state index in [1.807, 2.05) is 19.9 Å². The first-order chi connectivity index (χ1) is 17.7. The number of aryl methyl sites for hydroxylation is 1. The number of hydrogen-bond acceptors (Lipinski definition) is 5. The van der Waals surface area contributed by atoms with Gasteiger partial charge in [-0.3, -0.25) is 14.5 Å². The Balaban J connectivity index is 1.40. The van der Waals surface area contributed by atoms with Crippen LogP contribution in [0.1, 0.15) is 22.5 Å². The van der Waals surface area contributed by atoms with E-state index < -0.39 is 11.7 Å². The lowest BCUT2D eigenvalue weighted by molar-refractivity contribution is -0.123. The van der Waals surface area contributed by atoms with Crippen molar-refractivity contribution in [3.8, 4) is 5.69 Å². The molecule has 0 saturated carbocycles. The molecular formula is C27H24BrClFN3O3S. The number of carbonyl (C=O) groups is 2. The molecule has 0 radical (unpaired) electrons. The molecule has 6 nitrogen and oxygen atoms in total. The van der Waals surface area contributed by atoms with Crippen molar-refractivity contribution in [1.29, 1.82) is 0 Å². The van der Waals surface area contributed by atoms with Gasteiger partial charge in [-0.05, 0) is 95.1 Å². The van der Waals surface area contributed by atoms with Crippen LogP contribution in [0.25, 0.3) is 11.8 Å². The van der Waals surface area contributed by atoms with E-state index in [1.54, 1.807) is 6.08 Å². The largest absolute Gasteiger partial charge is 0.378 e. The van der Waals surface area contributed by atoms with Crippen molar-refractivity contribution >= 4 is 62.2 Å². The smallest absolute Gasteiger partial charge is 0.293 e.